The second kappa shape index (κ2) is 11.8. The Morgan fingerprint density at radius 1 is 0.968 bits per heavy atom. The van der Waals surface area contributed by atoms with Crippen molar-refractivity contribution in [2.45, 2.75) is 13.5 Å². The molecule has 7 heteroatoms. The topological polar surface area (TPSA) is 69.2 Å². The number of nitrogens with one attached hydrogen (secondary N) is 1. The summed E-state index contributed by atoms with van der Waals surface area (Å²) in [6.07, 6.45) is 1.53. The molecule has 0 bridgehead atoms. The number of amides is 1. The van der Waals surface area contributed by atoms with Gasteiger partial charge in [-0.1, -0.05) is 46.3 Å². The van der Waals surface area contributed by atoms with Gasteiger partial charge in [-0.05, 0) is 55.0 Å². The highest BCUT2D eigenvalue weighted by molar-refractivity contribution is 9.10. The van der Waals surface area contributed by atoms with Crippen LogP contribution in [-0.4, -0.2) is 25.3 Å². The Hall–Kier alpha value is -3.32. The van der Waals surface area contributed by atoms with Gasteiger partial charge in [0.25, 0.3) is 5.91 Å². The summed E-state index contributed by atoms with van der Waals surface area (Å²) < 4.78 is 17.7. The fraction of sp³-hybridized carbons (Fsp3) is 0.167. The maximum absolute atomic E-state index is 12.0. The zero-order chi connectivity index (χ0) is 21.9. The maximum atomic E-state index is 12.0. The average molecular weight is 483 g/mol. The van der Waals surface area contributed by atoms with Crippen molar-refractivity contribution < 1.29 is 19.0 Å². The summed E-state index contributed by atoms with van der Waals surface area (Å²) in [4.78, 5) is 12.0. The molecule has 0 saturated heterocycles. The molecule has 0 fully saturated rings. The predicted octanol–water partition coefficient (Wildman–Crippen LogP) is 4.96. The van der Waals surface area contributed by atoms with Gasteiger partial charge < -0.3 is 14.2 Å². The smallest absolute Gasteiger partial charge is 0.277 e. The maximum Gasteiger partial charge on any atom is 0.277 e. The van der Waals surface area contributed by atoms with Crippen LogP contribution in [0.4, 0.5) is 0 Å². The van der Waals surface area contributed by atoms with Crippen LogP contribution in [0.5, 0.6) is 17.2 Å². The molecular formula is C24H23BrN2O4. The molecule has 0 aliphatic heterocycles. The molecule has 0 aliphatic rings. The van der Waals surface area contributed by atoms with Crippen molar-refractivity contribution in [1.29, 1.82) is 0 Å². The molecule has 3 aromatic carbocycles. The third-order valence-electron chi connectivity index (χ3n) is 4.11. The summed E-state index contributed by atoms with van der Waals surface area (Å²) in [7, 11) is 0. The number of hydrogen-bond acceptors (Lipinski definition) is 5. The monoisotopic (exact) mass is 482 g/mol. The molecule has 0 heterocycles. The lowest BCUT2D eigenvalue weighted by atomic mass is 10.2. The second-order valence-corrected chi connectivity index (χ2v) is 7.36. The Morgan fingerprint density at radius 2 is 1.68 bits per heavy atom. The number of hydrazone groups is 1. The highest BCUT2D eigenvalue weighted by Crippen LogP contribution is 2.22. The molecule has 0 aromatic heterocycles. The molecule has 1 N–H and O–H groups in total. The molecule has 31 heavy (non-hydrogen) atoms. The number of carbonyl (C=O) groups excluding carboxylic acids is 1. The Balaban J connectivity index is 1.44. The largest absolute Gasteiger partial charge is 0.493 e. The quantitative estimate of drug-likeness (QED) is 0.327. The van der Waals surface area contributed by atoms with Gasteiger partial charge in [0, 0.05) is 10.0 Å². The number of nitrogens with zero attached hydrogens (tertiary/aromatic N) is 1. The van der Waals surface area contributed by atoms with Crippen molar-refractivity contribution in [3.05, 3.63) is 88.4 Å². The Kier molecular flexibility index (Phi) is 8.48. The first kappa shape index (κ1) is 22.4. The number of benzene rings is 3. The number of rotatable bonds is 10. The zero-order valence-electron chi connectivity index (χ0n) is 17.1. The molecule has 0 atom stereocenters. The highest BCUT2D eigenvalue weighted by Gasteiger charge is 2.04. The highest BCUT2D eigenvalue weighted by atomic mass is 79.9. The van der Waals surface area contributed by atoms with Crippen molar-refractivity contribution >= 4 is 28.1 Å². The van der Waals surface area contributed by atoms with E-state index in [2.05, 4.69) is 26.5 Å². The van der Waals surface area contributed by atoms with Gasteiger partial charge in [-0.2, -0.15) is 5.10 Å². The van der Waals surface area contributed by atoms with E-state index in [0.29, 0.717) is 24.7 Å². The molecule has 1 amide bonds. The van der Waals surface area contributed by atoms with Crippen LogP contribution in [0.3, 0.4) is 0 Å². The van der Waals surface area contributed by atoms with Gasteiger partial charge in [0.1, 0.15) is 23.9 Å². The van der Waals surface area contributed by atoms with Gasteiger partial charge in [-0.25, -0.2) is 5.43 Å². The van der Waals surface area contributed by atoms with Crippen LogP contribution in [0.15, 0.2) is 82.4 Å². The SMILES string of the molecule is CCOc1ccc(Br)cc1/C=N/NC(=O)COc1ccc(OCc2ccccc2)cc1. The third kappa shape index (κ3) is 7.46. The molecule has 3 rings (SSSR count). The summed E-state index contributed by atoms with van der Waals surface area (Å²) in [6.45, 7) is 2.78. The van der Waals surface area contributed by atoms with Gasteiger partial charge in [-0.3, -0.25) is 4.79 Å². The van der Waals surface area contributed by atoms with Crippen LogP contribution in [0, 0.1) is 0 Å². The number of hydrogen-bond donors (Lipinski definition) is 1. The summed E-state index contributed by atoms with van der Waals surface area (Å²) >= 11 is 3.41. The lowest BCUT2D eigenvalue weighted by molar-refractivity contribution is -0.123. The first-order valence-electron chi connectivity index (χ1n) is 9.78. The van der Waals surface area contributed by atoms with Crippen molar-refractivity contribution in [2.24, 2.45) is 5.10 Å². The number of ether oxygens (including phenoxy) is 3. The summed E-state index contributed by atoms with van der Waals surface area (Å²) in [5.41, 5.74) is 4.30. The normalized spacial score (nSPS) is 10.6. The zero-order valence-corrected chi connectivity index (χ0v) is 18.7. The van der Waals surface area contributed by atoms with Crippen molar-refractivity contribution in [3.8, 4) is 17.2 Å². The number of halogens is 1. The van der Waals surface area contributed by atoms with Gasteiger partial charge in [0.05, 0.1) is 12.8 Å². The lowest BCUT2D eigenvalue weighted by Gasteiger charge is -2.09. The van der Waals surface area contributed by atoms with Crippen LogP contribution < -0.4 is 19.6 Å². The van der Waals surface area contributed by atoms with E-state index < -0.39 is 0 Å². The van der Waals surface area contributed by atoms with Gasteiger partial charge in [0.2, 0.25) is 0 Å². The first-order chi connectivity index (χ1) is 15.1. The molecule has 0 spiro atoms. The fourth-order valence-electron chi connectivity index (χ4n) is 2.64. The van der Waals surface area contributed by atoms with Gasteiger partial charge in [-0.15, -0.1) is 0 Å². The van der Waals surface area contributed by atoms with Crippen LogP contribution in [0.1, 0.15) is 18.1 Å². The van der Waals surface area contributed by atoms with E-state index in [4.69, 9.17) is 14.2 Å². The van der Waals surface area contributed by atoms with Crippen molar-refractivity contribution in [3.63, 3.8) is 0 Å². The predicted molar refractivity (Wildman–Crippen MR) is 124 cm³/mol. The van der Waals surface area contributed by atoms with E-state index in [1.54, 1.807) is 24.3 Å². The summed E-state index contributed by atoms with van der Waals surface area (Å²) in [5, 5.41) is 3.98. The molecule has 0 saturated carbocycles. The minimum absolute atomic E-state index is 0.154. The minimum Gasteiger partial charge on any atom is -0.493 e. The lowest BCUT2D eigenvalue weighted by Crippen LogP contribution is -2.24. The minimum atomic E-state index is -0.367. The fourth-order valence-corrected chi connectivity index (χ4v) is 3.01. The number of carbonyl (C=O) groups is 1. The van der Waals surface area contributed by atoms with Gasteiger partial charge >= 0.3 is 0 Å². The van der Waals surface area contributed by atoms with E-state index in [1.807, 2.05) is 55.5 Å². The first-order valence-corrected chi connectivity index (χ1v) is 10.6. The Labute approximate surface area is 190 Å². The third-order valence-corrected chi connectivity index (χ3v) is 4.60. The standard InChI is InChI=1S/C24H23BrN2O4/c1-2-29-23-13-8-20(25)14-19(23)15-26-27-24(28)17-31-22-11-9-21(10-12-22)30-16-18-6-4-3-5-7-18/h3-15H,2,16-17H2,1H3,(H,27,28)/b26-15+. The van der Waals surface area contributed by atoms with Crippen LogP contribution in [0.2, 0.25) is 0 Å². The molecule has 0 unspecified atom stereocenters. The van der Waals surface area contributed by atoms with Crippen LogP contribution >= 0.6 is 15.9 Å². The van der Waals surface area contributed by atoms with Crippen LogP contribution in [-0.2, 0) is 11.4 Å². The van der Waals surface area contributed by atoms with E-state index in [1.165, 1.54) is 6.21 Å². The van der Waals surface area contributed by atoms with Crippen LogP contribution in [0.25, 0.3) is 0 Å². The average Bonchev–Trinajstić information content (AvgIpc) is 2.79. The van der Waals surface area contributed by atoms with Crippen molar-refractivity contribution in [2.75, 3.05) is 13.2 Å². The molecule has 0 aliphatic carbocycles. The molecule has 6 nitrogen and oxygen atoms in total. The molecule has 0 radical (unpaired) electrons. The molecule has 3 aromatic rings. The van der Waals surface area contributed by atoms with E-state index in [9.17, 15) is 4.79 Å². The van der Waals surface area contributed by atoms with E-state index >= 15 is 0 Å². The summed E-state index contributed by atoms with van der Waals surface area (Å²) in [5.74, 6) is 1.62. The van der Waals surface area contributed by atoms with E-state index in [-0.39, 0.29) is 12.5 Å². The second-order valence-electron chi connectivity index (χ2n) is 6.44. The van der Waals surface area contributed by atoms with E-state index in [0.717, 1.165) is 21.3 Å². The van der Waals surface area contributed by atoms with Gasteiger partial charge in [0.15, 0.2) is 6.61 Å². The molecular weight excluding hydrogens is 460 g/mol. The Morgan fingerprint density at radius 3 is 2.39 bits per heavy atom. The molecule has 160 valence electrons. The Bertz CT molecular complexity index is 1010. The van der Waals surface area contributed by atoms with Crippen molar-refractivity contribution in [1.82, 2.24) is 5.43 Å². The summed E-state index contributed by atoms with van der Waals surface area (Å²) in [6, 6.07) is 22.6.